The van der Waals surface area contributed by atoms with Gasteiger partial charge in [0.15, 0.2) is 6.10 Å². The Kier molecular flexibility index (Phi) is 44.6. The van der Waals surface area contributed by atoms with Crippen LogP contribution in [0.4, 0.5) is 0 Å². The SMILES string of the molecule is CCCCCCCCCCCCCCCCCCCCCCCCCCCCCCCC(=O)OC(COC(=O)CCCCCCCCCC)COC(OCC[N+](C)(C)C)C(=O)O. The summed E-state index contributed by atoms with van der Waals surface area (Å²) in [5, 5.41) is 9.63. The van der Waals surface area contributed by atoms with Crippen LogP contribution in [-0.4, -0.2) is 87.4 Å². The second-order valence-corrected chi connectivity index (χ2v) is 19.6. The average Bonchev–Trinajstić information content (AvgIpc) is 3.23. The van der Waals surface area contributed by atoms with E-state index in [0.717, 1.165) is 38.5 Å². The first-order valence-corrected chi connectivity index (χ1v) is 26.7. The third kappa shape index (κ3) is 46.3. The molecule has 0 bridgehead atoms. The van der Waals surface area contributed by atoms with Gasteiger partial charge in [0.2, 0.25) is 0 Å². The molecule has 0 aliphatic carbocycles. The van der Waals surface area contributed by atoms with Gasteiger partial charge in [-0.25, -0.2) is 4.79 Å². The summed E-state index contributed by atoms with van der Waals surface area (Å²) in [6.07, 6.45) is 46.4. The van der Waals surface area contributed by atoms with Crippen LogP contribution in [0.15, 0.2) is 0 Å². The molecular formula is C53H104NO8+. The zero-order valence-electron chi connectivity index (χ0n) is 41.8. The van der Waals surface area contributed by atoms with Gasteiger partial charge in [0.05, 0.1) is 34.4 Å². The number of unbranched alkanes of at least 4 members (excludes halogenated alkanes) is 35. The first-order chi connectivity index (χ1) is 30.1. The molecule has 0 aromatic carbocycles. The number of aliphatic carboxylic acids is 1. The summed E-state index contributed by atoms with van der Waals surface area (Å²) in [6.45, 7) is 4.88. The Morgan fingerprint density at radius 2 is 0.726 bits per heavy atom. The van der Waals surface area contributed by atoms with Crippen molar-refractivity contribution in [3.63, 3.8) is 0 Å². The maximum Gasteiger partial charge on any atom is 0.361 e. The maximum atomic E-state index is 12.8. The van der Waals surface area contributed by atoms with E-state index in [0.29, 0.717) is 17.4 Å². The van der Waals surface area contributed by atoms with Crippen molar-refractivity contribution < 1.29 is 42.9 Å². The quantitative estimate of drug-likeness (QED) is 0.0278. The first-order valence-electron chi connectivity index (χ1n) is 26.7. The number of hydrogen-bond donors (Lipinski definition) is 1. The van der Waals surface area contributed by atoms with Crippen molar-refractivity contribution in [2.45, 2.75) is 277 Å². The van der Waals surface area contributed by atoms with Crippen LogP contribution in [0.5, 0.6) is 0 Å². The largest absolute Gasteiger partial charge is 0.477 e. The minimum Gasteiger partial charge on any atom is -0.477 e. The van der Waals surface area contributed by atoms with Gasteiger partial charge in [-0.2, -0.15) is 0 Å². The highest BCUT2D eigenvalue weighted by Gasteiger charge is 2.25. The van der Waals surface area contributed by atoms with Crippen LogP contribution in [0.3, 0.4) is 0 Å². The minimum absolute atomic E-state index is 0.174. The van der Waals surface area contributed by atoms with Gasteiger partial charge in [-0.3, -0.25) is 9.59 Å². The van der Waals surface area contributed by atoms with Crippen LogP contribution in [0.25, 0.3) is 0 Å². The Bertz CT molecular complexity index is 985. The van der Waals surface area contributed by atoms with E-state index in [1.165, 1.54) is 199 Å². The highest BCUT2D eigenvalue weighted by Crippen LogP contribution is 2.17. The lowest BCUT2D eigenvalue weighted by Gasteiger charge is -2.25. The van der Waals surface area contributed by atoms with Gasteiger partial charge in [-0.15, -0.1) is 0 Å². The van der Waals surface area contributed by atoms with E-state index in [-0.39, 0.29) is 38.2 Å². The average molecular weight is 883 g/mol. The number of ether oxygens (including phenoxy) is 4. The lowest BCUT2D eigenvalue weighted by atomic mass is 10.0. The number of nitrogens with zero attached hydrogens (tertiary/aromatic N) is 1. The molecule has 0 spiro atoms. The Morgan fingerprint density at radius 1 is 0.419 bits per heavy atom. The van der Waals surface area contributed by atoms with Crippen molar-refractivity contribution in [2.24, 2.45) is 0 Å². The van der Waals surface area contributed by atoms with Crippen LogP contribution < -0.4 is 0 Å². The van der Waals surface area contributed by atoms with Gasteiger partial charge in [-0.05, 0) is 12.8 Å². The monoisotopic (exact) mass is 883 g/mol. The fraction of sp³-hybridized carbons (Fsp3) is 0.943. The number of carboxylic acids is 1. The first kappa shape index (κ1) is 60.3. The fourth-order valence-electron chi connectivity index (χ4n) is 7.96. The van der Waals surface area contributed by atoms with Crippen molar-refractivity contribution in [2.75, 3.05) is 47.5 Å². The molecule has 0 aromatic rings. The van der Waals surface area contributed by atoms with Gasteiger partial charge < -0.3 is 28.5 Å². The summed E-state index contributed by atoms with van der Waals surface area (Å²) < 4.78 is 22.7. The Balaban J connectivity index is 4.00. The van der Waals surface area contributed by atoms with Crippen molar-refractivity contribution in [3.05, 3.63) is 0 Å². The molecular weight excluding hydrogens is 779 g/mol. The van der Waals surface area contributed by atoms with E-state index < -0.39 is 18.4 Å². The number of esters is 2. The van der Waals surface area contributed by atoms with E-state index in [1.54, 1.807) is 0 Å². The summed E-state index contributed by atoms with van der Waals surface area (Å²) in [4.78, 5) is 37.1. The molecule has 0 fully saturated rings. The summed E-state index contributed by atoms with van der Waals surface area (Å²) in [5.74, 6) is -1.99. The Labute approximate surface area is 383 Å². The molecule has 0 aliphatic heterocycles. The van der Waals surface area contributed by atoms with Gasteiger partial charge in [0.1, 0.15) is 13.2 Å². The topological polar surface area (TPSA) is 108 Å². The lowest BCUT2D eigenvalue weighted by molar-refractivity contribution is -0.870. The van der Waals surface area contributed by atoms with Crippen LogP contribution in [0.2, 0.25) is 0 Å². The number of carboxylic acid groups (broad SMARTS) is 1. The van der Waals surface area contributed by atoms with E-state index in [1.807, 2.05) is 21.1 Å². The Morgan fingerprint density at radius 3 is 1.03 bits per heavy atom. The van der Waals surface area contributed by atoms with Crippen LogP contribution >= 0.6 is 0 Å². The molecule has 2 atom stereocenters. The lowest BCUT2D eigenvalue weighted by Crippen LogP contribution is -2.40. The van der Waals surface area contributed by atoms with Crippen LogP contribution in [0, 0.1) is 0 Å². The molecule has 0 amide bonds. The van der Waals surface area contributed by atoms with Crippen molar-refractivity contribution >= 4 is 17.9 Å². The number of likely N-dealkylation sites (N-methyl/N-ethyl adjacent to an activating group) is 1. The highest BCUT2D eigenvalue weighted by atomic mass is 16.7. The van der Waals surface area contributed by atoms with E-state index in [4.69, 9.17) is 18.9 Å². The Hall–Kier alpha value is -1.71. The zero-order valence-corrected chi connectivity index (χ0v) is 41.8. The molecule has 368 valence electrons. The fourth-order valence-corrected chi connectivity index (χ4v) is 7.96. The van der Waals surface area contributed by atoms with E-state index in [9.17, 15) is 19.5 Å². The molecule has 0 radical (unpaired) electrons. The van der Waals surface area contributed by atoms with E-state index >= 15 is 0 Å². The predicted octanol–water partition coefficient (Wildman–Crippen LogP) is 14.8. The number of carbonyl (C=O) groups excluding carboxylic acids is 2. The second kappa shape index (κ2) is 45.8. The third-order valence-electron chi connectivity index (χ3n) is 12.1. The molecule has 0 aromatic heterocycles. The summed E-state index contributed by atoms with van der Waals surface area (Å²) in [7, 11) is 5.97. The standard InChI is InChI=1S/C53H103NO8/c1-6-8-10-12-14-16-17-18-19-20-21-22-23-24-25-26-27-28-29-30-31-32-33-34-35-36-38-40-42-44-51(56)62-49(48-61-53(52(57)58)59-46-45-54(3,4)5)47-60-50(55)43-41-39-37-15-13-11-9-7-2/h49,53H,6-48H2,1-5H3/p+1. The number of carbonyl (C=O) groups is 3. The molecule has 9 nitrogen and oxygen atoms in total. The molecule has 0 heterocycles. The van der Waals surface area contributed by atoms with E-state index in [2.05, 4.69) is 13.8 Å². The van der Waals surface area contributed by atoms with Gasteiger partial charge in [-0.1, -0.05) is 239 Å². The van der Waals surface area contributed by atoms with Crippen LogP contribution in [-0.2, 0) is 33.3 Å². The van der Waals surface area contributed by atoms with Crippen LogP contribution in [0.1, 0.15) is 264 Å². The minimum atomic E-state index is -1.50. The molecule has 9 heteroatoms. The molecule has 0 rings (SSSR count). The summed E-state index contributed by atoms with van der Waals surface area (Å²) >= 11 is 0. The third-order valence-corrected chi connectivity index (χ3v) is 12.1. The van der Waals surface area contributed by atoms with Gasteiger partial charge in [0.25, 0.3) is 6.29 Å². The number of quaternary nitrogens is 1. The molecule has 62 heavy (non-hydrogen) atoms. The molecule has 2 unspecified atom stereocenters. The summed E-state index contributed by atoms with van der Waals surface area (Å²) in [6, 6.07) is 0. The smallest absolute Gasteiger partial charge is 0.361 e. The van der Waals surface area contributed by atoms with Gasteiger partial charge in [0, 0.05) is 12.8 Å². The summed E-state index contributed by atoms with van der Waals surface area (Å²) in [5.41, 5.74) is 0. The maximum absolute atomic E-state index is 12.8. The zero-order chi connectivity index (χ0) is 45.6. The molecule has 1 N–H and O–H groups in total. The van der Waals surface area contributed by atoms with Crippen molar-refractivity contribution in [3.8, 4) is 0 Å². The number of hydrogen-bond acceptors (Lipinski definition) is 7. The van der Waals surface area contributed by atoms with Gasteiger partial charge >= 0.3 is 17.9 Å². The van der Waals surface area contributed by atoms with Crippen molar-refractivity contribution in [1.82, 2.24) is 0 Å². The molecule has 0 saturated carbocycles. The normalized spacial score (nSPS) is 12.7. The predicted molar refractivity (Wildman–Crippen MR) is 258 cm³/mol. The molecule has 0 aliphatic rings. The second-order valence-electron chi connectivity index (χ2n) is 19.6. The number of rotatable bonds is 50. The van der Waals surface area contributed by atoms with Crippen molar-refractivity contribution in [1.29, 1.82) is 0 Å². The molecule has 0 saturated heterocycles. The highest BCUT2D eigenvalue weighted by molar-refractivity contribution is 5.71.